The van der Waals surface area contributed by atoms with Crippen LogP contribution in [-0.4, -0.2) is 78.6 Å². The van der Waals surface area contributed by atoms with Gasteiger partial charge in [0.05, 0.1) is 6.33 Å². The summed E-state index contributed by atoms with van der Waals surface area (Å²) >= 11 is 0. The molecule has 34 heavy (non-hydrogen) atoms. The summed E-state index contributed by atoms with van der Waals surface area (Å²) in [5.74, 6) is -2.62. The highest BCUT2D eigenvalue weighted by atomic mass is 16.6. The van der Waals surface area contributed by atoms with Gasteiger partial charge in [0.15, 0.2) is 11.2 Å². The first kappa shape index (κ1) is 26.3. The molecule has 0 radical (unpaired) electrons. The lowest BCUT2D eigenvalue weighted by molar-refractivity contribution is -0.144. The Labute approximate surface area is 194 Å². The molecule has 2 heterocycles. The molecule has 186 valence electrons. The Morgan fingerprint density at radius 2 is 1.94 bits per heavy atom. The number of carboxylic acid groups (broad SMARTS) is 1. The zero-order valence-electron chi connectivity index (χ0n) is 19.7. The minimum atomic E-state index is -1.24. The number of carbonyl (C=O) groups is 4. The predicted molar refractivity (Wildman–Crippen MR) is 120 cm³/mol. The zero-order valence-corrected chi connectivity index (χ0v) is 19.7. The molecule has 2 rings (SSSR count). The lowest BCUT2D eigenvalue weighted by Gasteiger charge is -2.23. The molecule has 2 aromatic heterocycles. The average Bonchev–Trinajstić information content (AvgIpc) is 3.08. The van der Waals surface area contributed by atoms with E-state index in [1.54, 1.807) is 34.6 Å². The summed E-state index contributed by atoms with van der Waals surface area (Å²) in [6.07, 6.45) is 0.519. The van der Waals surface area contributed by atoms with E-state index in [0.29, 0.717) is 0 Å². The van der Waals surface area contributed by atoms with E-state index in [-0.39, 0.29) is 42.0 Å². The van der Waals surface area contributed by atoms with Gasteiger partial charge < -0.3 is 24.6 Å². The number of anilines is 1. The number of nitrogens with one attached hydrogen (secondary N) is 3. The van der Waals surface area contributed by atoms with Gasteiger partial charge in [0, 0.05) is 19.0 Å². The number of hydrogen-bond donors (Lipinski definition) is 4. The summed E-state index contributed by atoms with van der Waals surface area (Å²) in [5, 5.41) is 14.1. The third kappa shape index (κ3) is 7.56. The quantitative estimate of drug-likeness (QED) is 0.388. The molecule has 0 aromatic carbocycles. The van der Waals surface area contributed by atoms with Crippen LogP contribution >= 0.6 is 0 Å². The van der Waals surface area contributed by atoms with E-state index in [4.69, 9.17) is 9.84 Å². The van der Waals surface area contributed by atoms with Gasteiger partial charge in [-0.3, -0.25) is 29.5 Å². The molecule has 0 fully saturated rings. The van der Waals surface area contributed by atoms with Crippen LogP contribution in [0.1, 0.15) is 34.6 Å². The lowest BCUT2D eigenvalue weighted by Crippen LogP contribution is -2.43. The van der Waals surface area contributed by atoms with Crippen molar-refractivity contribution >= 4 is 41.0 Å². The van der Waals surface area contributed by atoms with Gasteiger partial charge in [0.25, 0.3) is 5.56 Å². The number of nitrogens with zero attached hydrogens (tertiary/aromatic N) is 4. The average molecular weight is 479 g/mol. The smallest absolute Gasteiger partial charge is 0.407 e. The number of amides is 3. The van der Waals surface area contributed by atoms with Gasteiger partial charge in [-0.05, 0) is 20.8 Å². The molecule has 14 heteroatoms. The van der Waals surface area contributed by atoms with Crippen LogP contribution in [0.2, 0.25) is 0 Å². The SMILES string of the molecule is CC(C)C(=O)Nc1nc2ncn(CC(=O)N(CCNC(=O)OC(C)(C)C)CC(=O)O)c2c(=O)[nH]1. The van der Waals surface area contributed by atoms with Crippen LogP contribution in [-0.2, 0) is 25.7 Å². The number of aliphatic carboxylic acids is 1. The van der Waals surface area contributed by atoms with E-state index in [1.165, 1.54) is 10.9 Å². The Bertz CT molecular complexity index is 1130. The molecular formula is C20H29N7O7. The summed E-state index contributed by atoms with van der Waals surface area (Å²) in [6, 6.07) is 0. The molecule has 0 atom stereocenters. The van der Waals surface area contributed by atoms with Crippen LogP contribution in [0.4, 0.5) is 10.7 Å². The first-order valence-electron chi connectivity index (χ1n) is 10.5. The molecule has 0 saturated heterocycles. The molecular weight excluding hydrogens is 450 g/mol. The molecule has 2 aromatic rings. The highest BCUT2D eigenvalue weighted by Crippen LogP contribution is 2.10. The van der Waals surface area contributed by atoms with Gasteiger partial charge in [-0.1, -0.05) is 13.8 Å². The number of rotatable bonds is 9. The third-order valence-electron chi connectivity index (χ3n) is 4.28. The molecule has 0 aliphatic carbocycles. The van der Waals surface area contributed by atoms with E-state index < -0.39 is 42.2 Å². The van der Waals surface area contributed by atoms with Gasteiger partial charge in [0.1, 0.15) is 18.7 Å². The number of imidazole rings is 1. The molecule has 14 nitrogen and oxygen atoms in total. The van der Waals surface area contributed by atoms with E-state index >= 15 is 0 Å². The Kier molecular flexibility index (Phi) is 8.32. The second-order valence-corrected chi connectivity index (χ2v) is 8.74. The second kappa shape index (κ2) is 10.8. The summed E-state index contributed by atoms with van der Waals surface area (Å²) in [5.41, 5.74) is -1.35. The number of aromatic nitrogens is 4. The van der Waals surface area contributed by atoms with Crippen LogP contribution < -0.4 is 16.2 Å². The highest BCUT2D eigenvalue weighted by Gasteiger charge is 2.21. The van der Waals surface area contributed by atoms with Crippen molar-refractivity contribution in [1.29, 1.82) is 0 Å². The summed E-state index contributed by atoms with van der Waals surface area (Å²) < 4.78 is 6.33. The minimum Gasteiger partial charge on any atom is -0.480 e. The van der Waals surface area contributed by atoms with E-state index in [1.807, 2.05) is 0 Å². The monoisotopic (exact) mass is 479 g/mol. The topological polar surface area (TPSA) is 189 Å². The summed E-state index contributed by atoms with van der Waals surface area (Å²) in [4.78, 5) is 71.7. The Hall–Kier alpha value is -3.97. The second-order valence-electron chi connectivity index (χ2n) is 8.74. The van der Waals surface area contributed by atoms with Crippen molar-refractivity contribution in [2.24, 2.45) is 5.92 Å². The molecule has 4 N–H and O–H groups in total. The van der Waals surface area contributed by atoms with Gasteiger partial charge in [-0.25, -0.2) is 9.78 Å². The Morgan fingerprint density at radius 3 is 2.53 bits per heavy atom. The van der Waals surface area contributed by atoms with Crippen molar-refractivity contribution in [3.05, 3.63) is 16.7 Å². The number of H-pyrrole nitrogens is 1. The first-order valence-corrected chi connectivity index (χ1v) is 10.5. The molecule has 3 amide bonds. The van der Waals surface area contributed by atoms with Gasteiger partial charge in [-0.2, -0.15) is 4.98 Å². The van der Waals surface area contributed by atoms with Gasteiger partial charge in [-0.15, -0.1) is 0 Å². The molecule has 0 saturated carbocycles. The normalized spacial score (nSPS) is 11.4. The summed E-state index contributed by atoms with van der Waals surface area (Å²) in [6.45, 7) is 7.30. The third-order valence-corrected chi connectivity index (χ3v) is 4.28. The Morgan fingerprint density at radius 1 is 1.26 bits per heavy atom. The van der Waals surface area contributed by atoms with Crippen LogP contribution in [0.25, 0.3) is 11.2 Å². The number of carbonyl (C=O) groups excluding carboxylic acids is 3. The maximum Gasteiger partial charge on any atom is 0.407 e. The van der Waals surface area contributed by atoms with Gasteiger partial charge >= 0.3 is 12.1 Å². The largest absolute Gasteiger partial charge is 0.480 e. The van der Waals surface area contributed by atoms with Crippen LogP contribution in [0.3, 0.4) is 0 Å². The van der Waals surface area contributed by atoms with E-state index in [9.17, 15) is 24.0 Å². The Balaban J connectivity index is 2.12. The fourth-order valence-electron chi connectivity index (χ4n) is 2.73. The van der Waals surface area contributed by atoms with Crippen LogP contribution in [0.15, 0.2) is 11.1 Å². The van der Waals surface area contributed by atoms with Crippen molar-refractivity contribution in [3.63, 3.8) is 0 Å². The van der Waals surface area contributed by atoms with E-state index in [2.05, 4.69) is 25.6 Å². The molecule has 0 unspecified atom stereocenters. The van der Waals surface area contributed by atoms with Crippen molar-refractivity contribution in [3.8, 4) is 0 Å². The molecule has 0 spiro atoms. The van der Waals surface area contributed by atoms with Crippen molar-refractivity contribution in [2.45, 2.75) is 46.8 Å². The van der Waals surface area contributed by atoms with Crippen molar-refractivity contribution in [1.82, 2.24) is 29.7 Å². The van der Waals surface area contributed by atoms with Crippen LogP contribution in [0.5, 0.6) is 0 Å². The number of alkyl carbamates (subject to hydrolysis) is 1. The number of hydrogen-bond acceptors (Lipinski definition) is 8. The summed E-state index contributed by atoms with van der Waals surface area (Å²) in [7, 11) is 0. The molecule has 0 aliphatic heterocycles. The maximum atomic E-state index is 12.8. The number of aromatic amines is 1. The standard InChI is InChI=1S/C20H29N7O7/c1-11(2)16(31)24-18-23-15-14(17(32)25-18)27(10-22-15)8-12(28)26(9-13(29)30)7-6-21-19(33)34-20(3,4)5/h10-11H,6-9H2,1-5H3,(H,21,33)(H,29,30)(H2,23,24,25,31,32). The highest BCUT2D eigenvalue weighted by molar-refractivity contribution is 5.91. The van der Waals surface area contributed by atoms with Crippen LogP contribution in [0, 0.1) is 5.92 Å². The van der Waals surface area contributed by atoms with Crippen molar-refractivity contribution in [2.75, 3.05) is 25.0 Å². The first-order chi connectivity index (χ1) is 15.8. The zero-order chi connectivity index (χ0) is 25.6. The minimum absolute atomic E-state index is 0.00647. The molecule has 0 aliphatic rings. The maximum absolute atomic E-state index is 12.8. The fraction of sp³-hybridized carbons (Fsp3) is 0.550. The lowest BCUT2D eigenvalue weighted by atomic mass is 10.2. The predicted octanol–water partition coefficient (Wildman–Crippen LogP) is 0.152. The van der Waals surface area contributed by atoms with E-state index in [0.717, 1.165) is 4.90 Å². The number of ether oxygens (including phenoxy) is 1. The molecule has 0 bridgehead atoms. The van der Waals surface area contributed by atoms with Crippen molar-refractivity contribution < 1.29 is 29.0 Å². The van der Waals surface area contributed by atoms with Gasteiger partial charge in [0.2, 0.25) is 17.8 Å². The fourth-order valence-corrected chi connectivity index (χ4v) is 2.73. The number of carboxylic acids is 1. The number of fused-ring (bicyclic) bond motifs is 1.